The summed E-state index contributed by atoms with van der Waals surface area (Å²) >= 11 is 13.5. The first kappa shape index (κ1) is 24.2. The fraction of sp³-hybridized carbons (Fsp3) is 0.600. The summed E-state index contributed by atoms with van der Waals surface area (Å²) < 4.78 is 0. The van der Waals surface area contributed by atoms with Crippen molar-refractivity contribution in [1.82, 2.24) is 15.1 Å². The lowest BCUT2D eigenvalue weighted by molar-refractivity contribution is -0.0338. The first-order valence-electron chi connectivity index (χ1n) is 13.9. The van der Waals surface area contributed by atoms with E-state index in [-0.39, 0.29) is 0 Å². The normalized spacial score (nSPS) is 34.6. The smallest absolute Gasteiger partial charge is 0.0453 e. The van der Waals surface area contributed by atoms with E-state index in [0.717, 1.165) is 22.5 Å². The largest absolute Gasteiger partial charge is 0.316 e. The van der Waals surface area contributed by atoms with E-state index in [0.29, 0.717) is 30.1 Å². The van der Waals surface area contributed by atoms with E-state index in [9.17, 15) is 0 Å². The van der Waals surface area contributed by atoms with E-state index >= 15 is 0 Å². The van der Waals surface area contributed by atoms with E-state index in [1.165, 1.54) is 82.1 Å². The molecule has 35 heavy (non-hydrogen) atoms. The van der Waals surface area contributed by atoms with Gasteiger partial charge in [-0.05, 0) is 87.3 Å². The van der Waals surface area contributed by atoms with Crippen LogP contribution in [0.5, 0.6) is 0 Å². The highest BCUT2D eigenvalue weighted by atomic mass is 35.5. The molecule has 3 nitrogen and oxygen atoms in total. The summed E-state index contributed by atoms with van der Waals surface area (Å²) in [5.74, 6) is 1.38. The Morgan fingerprint density at radius 3 is 1.69 bits per heavy atom. The molecule has 4 aliphatic heterocycles. The second kappa shape index (κ2) is 10.7. The van der Waals surface area contributed by atoms with Crippen molar-refractivity contribution in [3.63, 3.8) is 0 Å². The van der Waals surface area contributed by atoms with E-state index < -0.39 is 0 Å². The Kier molecular flexibility index (Phi) is 7.42. The molecule has 7 rings (SSSR count). The van der Waals surface area contributed by atoms with Gasteiger partial charge in [0.25, 0.3) is 0 Å². The van der Waals surface area contributed by atoms with Crippen LogP contribution in [0.15, 0.2) is 48.5 Å². The fourth-order valence-electron chi connectivity index (χ4n) is 7.90. The predicted molar refractivity (Wildman–Crippen MR) is 146 cm³/mol. The van der Waals surface area contributed by atoms with Crippen molar-refractivity contribution >= 4 is 23.2 Å². The van der Waals surface area contributed by atoms with Crippen molar-refractivity contribution in [2.75, 3.05) is 26.2 Å². The summed E-state index contributed by atoms with van der Waals surface area (Å²) in [5, 5.41) is 5.75. The van der Waals surface area contributed by atoms with Gasteiger partial charge in [0.15, 0.2) is 0 Å². The lowest BCUT2D eigenvalue weighted by atomic mass is 9.72. The molecule has 2 aromatic carbocycles. The van der Waals surface area contributed by atoms with Crippen molar-refractivity contribution in [2.45, 2.75) is 75.5 Å². The molecular formula is C30H39Cl2N3. The number of halogens is 2. The zero-order chi connectivity index (χ0) is 23.8. The highest BCUT2D eigenvalue weighted by molar-refractivity contribution is 6.31. The summed E-state index contributed by atoms with van der Waals surface area (Å²) in [6, 6.07) is 19.3. The van der Waals surface area contributed by atoms with E-state index in [1.54, 1.807) is 0 Å². The molecule has 5 aliphatic rings. The summed E-state index contributed by atoms with van der Waals surface area (Å²) in [7, 11) is 0. The first-order chi connectivity index (χ1) is 17.2. The molecule has 4 atom stereocenters. The van der Waals surface area contributed by atoms with Gasteiger partial charge in [0, 0.05) is 46.7 Å². The zero-order valence-corrected chi connectivity index (χ0v) is 22.2. The number of likely N-dealkylation sites (tertiary alicyclic amines) is 2. The number of piperidine rings is 2. The van der Waals surface area contributed by atoms with Crippen LogP contribution in [0.4, 0.5) is 0 Å². The van der Waals surface area contributed by atoms with Crippen LogP contribution in [-0.2, 0) is 0 Å². The summed E-state index contributed by atoms with van der Waals surface area (Å²) in [5.41, 5.74) is 2.68. The Balaban J connectivity index is 1.33. The molecular weight excluding hydrogens is 473 g/mol. The highest BCUT2D eigenvalue weighted by Gasteiger charge is 2.48. The van der Waals surface area contributed by atoms with Gasteiger partial charge in [0.1, 0.15) is 0 Å². The quantitative estimate of drug-likeness (QED) is 0.471. The number of hydrogen-bond donors (Lipinski definition) is 1. The predicted octanol–water partition coefficient (Wildman–Crippen LogP) is 7.11. The number of nitrogens with zero attached hydrogens (tertiary/aromatic N) is 2. The van der Waals surface area contributed by atoms with Gasteiger partial charge in [-0.15, -0.1) is 0 Å². The standard InChI is InChI=1S/C30H39Cl2N3/c31-25-11-3-1-9-22(25)27-13-5-7-15-34(27)29-17-21-18-30(24(29)20-33-19-21)35-16-8-6-14-28(35)23-10-2-4-12-26(23)32/h1-4,9-12,21,24,27-30,33H,5-8,13-20H2. The number of rotatable bonds is 4. The van der Waals surface area contributed by atoms with E-state index in [1.807, 2.05) is 0 Å². The van der Waals surface area contributed by atoms with E-state index in [2.05, 4.69) is 63.6 Å². The molecule has 4 heterocycles. The van der Waals surface area contributed by atoms with Crippen LogP contribution in [0.2, 0.25) is 10.0 Å². The van der Waals surface area contributed by atoms with Crippen LogP contribution in [0.1, 0.15) is 74.6 Å². The van der Waals surface area contributed by atoms with Crippen LogP contribution in [0.3, 0.4) is 0 Å². The van der Waals surface area contributed by atoms with Crippen LogP contribution < -0.4 is 5.32 Å². The van der Waals surface area contributed by atoms with E-state index in [4.69, 9.17) is 23.2 Å². The number of nitrogens with one attached hydrogen (secondary N) is 1. The van der Waals surface area contributed by atoms with Crippen molar-refractivity contribution in [3.8, 4) is 0 Å². The lowest BCUT2D eigenvalue weighted by Gasteiger charge is -2.53. The molecule has 1 saturated carbocycles. The third-order valence-electron chi connectivity index (χ3n) is 9.42. The summed E-state index contributed by atoms with van der Waals surface area (Å²) in [6.45, 7) is 4.69. The average molecular weight is 513 g/mol. The molecule has 5 fully saturated rings. The first-order valence-corrected chi connectivity index (χ1v) is 14.7. The van der Waals surface area contributed by atoms with Gasteiger partial charge in [-0.2, -0.15) is 0 Å². The number of benzene rings is 2. The fourth-order valence-corrected chi connectivity index (χ4v) is 8.42. The molecule has 5 heteroatoms. The van der Waals surface area contributed by atoms with Crippen LogP contribution in [-0.4, -0.2) is 48.1 Å². The molecule has 4 saturated heterocycles. The van der Waals surface area contributed by atoms with Gasteiger partial charge in [0.2, 0.25) is 0 Å². The third kappa shape index (κ3) is 4.80. The Labute approximate surface area is 221 Å². The Bertz CT molecular complexity index is 937. The second-order valence-electron chi connectivity index (χ2n) is 11.3. The Morgan fingerprint density at radius 2 is 1.17 bits per heavy atom. The highest BCUT2D eigenvalue weighted by Crippen LogP contribution is 2.47. The summed E-state index contributed by atoms with van der Waals surface area (Å²) in [4.78, 5) is 5.77. The van der Waals surface area contributed by atoms with Crippen LogP contribution >= 0.6 is 23.2 Å². The van der Waals surface area contributed by atoms with Gasteiger partial charge in [-0.1, -0.05) is 72.4 Å². The Hall–Kier alpha value is -1.10. The minimum Gasteiger partial charge on any atom is -0.316 e. The van der Waals surface area contributed by atoms with Gasteiger partial charge in [-0.25, -0.2) is 0 Å². The maximum absolute atomic E-state index is 6.77. The molecule has 0 spiro atoms. The minimum absolute atomic E-state index is 0.447. The van der Waals surface area contributed by atoms with Gasteiger partial charge < -0.3 is 5.32 Å². The molecule has 2 aromatic rings. The average Bonchev–Trinajstić information content (AvgIpc) is 3.23. The van der Waals surface area contributed by atoms with Gasteiger partial charge in [0.05, 0.1) is 0 Å². The van der Waals surface area contributed by atoms with Crippen LogP contribution in [0.25, 0.3) is 0 Å². The maximum Gasteiger partial charge on any atom is 0.0453 e. The number of hydrogen-bond acceptors (Lipinski definition) is 3. The van der Waals surface area contributed by atoms with Gasteiger partial charge >= 0.3 is 0 Å². The van der Waals surface area contributed by atoms with Crippen LogP contribution in [0, 0.1) is 11.8 Å². The van der Waals surface area contributed by atoms with Crippen molar-refractivity contribution in [3.05, 3.63) is 69.7 Å². The van der Waals surface area contributed by atoms with Crippen molar-refractivity contribution in [1.29, 1.82) is 0 Å². The lowest BCUT2D eigenvalue weighted by Crippen LogP contribution is -2.58. The molecule has 0 radical (unpaired) electrons. The molecule has 1 N–H and O–H groups in total. The molecule has 0 aromatic heterocycles. The topological polar surface area (TPSA) is 18.5 Å². The maximum atomic E-state index is 6.77. The third-order valence-corrected chi connectivity index (χ3v) is 10.1. The SMILES string of the molecule is Clc1ccccc1C1CCCCN1C1CC2CNCC1C(N1CCCCC1c1ccccc1Cl)C2. The monoisotopic (exact) mass is 511 g/mol. The molecule has 4 unspecified atom stereocenters. The molecule has 188 valence electrons. The molecule has 0 amide bonds. The molecule has 2 bridgehead atoms. The minimum atomic E-state index is 0.447. The summed E-state index contributed by atoms with van der Waals surface area (Å²) in [6.07, 6.45) is 10.3. The Morgan fingerprint density at radius 1 is 0.657 bits per heavy atom. The number of fused-ring (bicyclic) bond motifs is 4. The zero-order valence-electron chi connectivity index (χ0n) is 20.7. The second-order valence-corrected chi connectivity index (χ2v) is 12.2. The van der Waals surface area contributed by atoms with Crippen molar-refractivity contribution < 1.29 is 0 Å². The van der Waals surface area contributed by atoms with Crippen molar-refractivity contribution in [2.24, 2.45) is 11.8 Å². The van der Waals surface area contributed by atoms with Gasteiger partial charge in [-0.3, -0.25) is 9.80 Å². The molecule has 1 aliphatic carbocycles.